The first kappa shape index (κ1) is 30.0. The van der Waals surface area contributed by atoms with Gasteiger partial charge in [-0.1, -0.05) is 18.2 Å². The zero-order valence-electron chi connectivity index (χ0n) is 23.9. The number of nitrogens with zero attached hydrogens (tertiary/aromatic N) is 3. The Labute approximate surface area is 246 Å². The van der Waals surface area contributed by atoms with Crippen LogP contribution < -0.4 is 18.9 Å². The Hall–Kier alpha value is -3.51. The molecular formula is C31H39N3O8. The van der Waals surface area contributed by atoms with Crippen LogP contribution in [-0.2, 0) is 18.9 Å². The summed E-state index contributed by atoms with van der Waals surface area (Å²) in [5.74, 6) is 2.99. The van der Waals surface area contributed by atoms with Crippen molar-refractivity contribution in [1.29, 1.82) is 0 Å². The molecule has 0 saturated heterocycles. The number of hydrogen-bond donors (Lipinski definition) is 0. The largest absolute Gasteiger partial charge is 0.475 e. The fraction of sp³-hybridized carbons (Fsp3) is 0.516. The van der Waals surface area contributed by atoms with Gasteiger partial charge in [0.1, 0.15) is 26.4 Å². The maximum atomic E-state index is 5.74. The molecule has 0 spiro atoms. The third kappa shape index (κ3) is 9.52. The lowest BCUT2D eigenvalue weighted by Gasteiger charge is -2.37. The summed E-state index contributed by atoms with van der Waals surface area (Å²) in [4.78, 5) is 13.4. The third-order valence-corrected chi connectivity index (χ3v) is 7.00. The van der Waals surface area contributed by atoms with Crippen molar-refractivity contribution in [2.75, 3.05) is 79.3 Å². The van der Waals surface area contributed by atoms with Gasteiger partial charge < -0.3 is 37.9 Å². The van der Waals surface area contributed by atoms with Crippen molar-refractivity contribution >= 4 is 0 Å². The molecule has 6 bridgehead atoms. The lowest BCUT2D eigenvalue weighted by molar-refractivity contribution is 0.0254. The molecule has 1 fully saturated rings. The van der Waals surface area contributed by atoms with Gasteiger partial charge in [-0.15, -0.1) is 0 Å². The van der Waals surface area contributed by atoms with Gasteiger partial charge in [0, 0.05) is 36.7 Å². The predicted octanol–water partition coefficient (Wildman–Crippen LogP) is 3.83. The number of aromatic nitrogens is 3. The Morgan fingerprint density at radius 1 is 0.429 bits per heavy atom. The van der Waals surface area contributed by atoms with Crippen LogP contribution in [0, 0.1) is 0 Å². The summed E-state index contributed by atoms with van der Waals surface area (Å²) in [6, 6.07) is 13.5. The number of ether oxygens (including phenoxy) is 8. The predicted molar refractivity (Wildman–Crippen MR) is 153 cm³/mol. The topological polar surface area (TPSA) is 113 Å². The maximum absolute atomic E-state index is 5.74. The van der Waals surface area contributed by atoms with E-state index in [1.165, 1.54) is 11.1 Å². The summed E-state index contributed by atoms with van der Waals surface area (Å²) < 4.78 is 45.1. The molecule has 3 aromatic rings. The van der Waals surface area contributed by atoms with Crippen molar-refractivity contribution < 1.29 is 37.9 Å². The number of fused-ring (bicyclic) bond motifs is 2. The Bertz CT molecular complexity index is 1090. The van der Waals surface area contributed by atoms with Gasteiger partial charge in [-0.05, 0) is 35.8 Å². The minimum Gasteiger partial charge on any atom is -0.475 e. The molecule has 2 unspecified atom stereocenters. The number of hydrogen-bond acceptors (Lipinski definition) is 11. The van der Waals surface area contributed by atoms with Crippen molar-refractivity contribution in [3.63, 3.8) is 0 Å². The zero-order valence-corrected chi connectivity index (χ0v) is 23.9. The number of rotatable bonds is 0. The van der Waals surface area contributed by atoms with Gasteiger partial charge in [0.05, 0.1) is 52.9 Å². The van der Waals surface area contributed by atoms with E-state index < -0.39 is 0 Å². The SMILES string of the molecule is c1cc2nc(c1)OCCOCCOCCOc1ccc(cn1)C1CCC1c1ccc(nc1)OCCOCCOCCO2. The molecule has 42 heavy (non-hydrogen) atoms. The molecule has 7 rings (SSSR count). The van der Waals surface area contributed by atoms with Gasteiger partial charge in [0.25, 0.3) is 0 Å². The Balaban J connectivity index is 1.09. The Morgan fingerprint density at radius 3 is 1.17 bits per heavy atom. The van der Waals surface area contributed by atoms with E-state index >= 15 is 0 Å². The zero-order chi connectivity index (χ0) is 28.7. The van der Waals surface area contributed by atoms with Gasteiger partial charge >= 0.3 is 0 Å². The first-order valence-corrected chi connectivity index (χ1v) is 14.6. The van der Waals surface area contributed by atoms with Gasteiger partial charge in [-0.25, -0.2) is 9.97 Å². The second-order valence-corrected chi connectivity index (χ2v) is 9.81. The van der Waals surface area contributed by atoms with Crippen LogP contribution >= 0.6 is 0 Å². The fourth-order valence-electron chi connectivity index (χ4n) is 4.71. The molecular weight excluding hydrogens is 542 g/mol. The van der Waals surface area contributed by atoms with Gasteiger partial charge in [0.15, 0.2) is 0 Å². The fourth-order valence-corrected chi connectivity index (χ4v) is 4.71. The molecule has 0 N–H and O–H groups in total. The maximum Gasteiger partial charge on any atom is 0.216 e. The first-order chi connectivity index (χ1) is 20.8. The summed E-state index contributed by atoms with van der Waals surface area (Å²) in [6.07, 6.45) is 6.10. The minimum absolute atomic E-state index is 0.374. The summed E-state index contributed by atoms with van der Waals surface area (Å²) in [5, 5.41) is 0. The van der Waals surface area contributed by atoms with Crippen LogP contribution in [-0.4, -0.2) is 94.2 Å². The van der Waals surface area contributed by atoms with E-state index in [0.717, 1.165) is 12.8 Å². The summed E-state index contributed by atoms with van der Waals surface area (Å²) >= 11 is 0. The normalized spacial score (nSPS) is 21.8. The van der Waals surface area contributed by atoms with Crippen molar-refractivity contribution in [2.24, 2.45) is 0 Å². The molecule has 11 nitrogen and oxygen atoms in total. The van der Waals surface area contributed by atoms with Gasteiger partial charge in [-0.3, -0.25) is 0 Å². The van der Waals surface area contributed by atoms with Crippen LogP contribution in [0.25, 0.3) is 0 Å². The van der Waals surface area contributed by atoms with Crippen LogP contribution in [0.15, 0.2) is 54.9 Å². The van der Waals surface area contributed by atoms with Crippen LogP contribution in [0.3, 0.4) is 0 Å². The molecule has 11 heteroatoms. The quantitative estimate of drug-likeness (QED) is 0.386. The van der Waals surface area contributed by atoms with E-state index in [2.05, 4.69) is 27.1 Å². The highest BCUT2D eigenvalue weighted by Gasteiger charge is 2.33. The highest BCUT2D eigenvalue weighted by molar-refractivity contribution is 5.32. The molecule has 2 atom stereocenters. The van der Waals surface area contributed by atoms with E-state index in [9.17, 15) is 0 Å². The van der Waals surface area contributed by atoms with Crippen molar-refractivity contribution in [1.82, 2.24) is 15.0 Å². The van der Waals surface area contributed by atoms with Crippen molar-refractivity contribution in [3.8, 4) is 23.5 Å². The van der Waals surface area contributed by atoms with Gasteiger partial charge in [-0.2, -0.15) is 4.98 Å². The molecule has 226 valence electrons. The molecule has 1 aliphatic carbocycles. The lowest BCUT2D eigenvalue weighted by Crippen LogP contribution is -2.22. The molecule has 0 amide bonds. The standard InChI is InChI=1S/C31H39N3O8/c1-2-30-34-31(3-1)42-21-17-38-13-11-36-15-19-40-29-9-5-25(23-33-29)27-7-6-26(27)24-4-8-28(32-22-24)39-18-14-35-10-12-37-16-20-41-30/h1-5,8-9,22-23,26-27H,6-7,10-21H2. The summed E-state index contributed by atoms with van der Waals surface area (Å²) in [6.45, 7) is 5.21. The molecule has 0 aromatic carbocycles. The first-order valence-electron chi connectivity index (χ1n) is 14.6. The molecule has 0 radical (unpaired) electrons. The Morgan fingerprint density at radius 2 is 0.810 bits per heavy atom. The summed E-state index contributed by atoms with van der Waals surface area (Å²) in [7, 11) is 0. The molecule has 4 aliphatic rings. The number of pyridine rings is 3. The highest BCUT2D eigenvalue weighted by atomic mass is 16.6. The Kier molecular flexibility index (Phi) is 12.0. The second-order valence-electron chi connectivity index (χ2n) is 9.81. The third-order valence-electron chi connectivity index (χ3n) is 7.00. The second kappa shape index (κ2) is 16.8. The summed E-state index contributed by atoms with van der Waals surface area (Å²) in [5.41, 5.74) is 2.44. The average Bonchev–Trinajstić information content (AvgIpc) is 3.00. The van der Waals surface area contributed by atoms with Crippen LogP contribution in [0.4, 0.5) is 0 Å². The van der Waals surface area contributed by atoms with Crippen molar-refractivity contribution in [3.05, 3.63) is 66.0 Å². The van der Waals surface area contributed by atoms with Crippen LogP contribution in [0.2, 0.25) is 0 Å². The molecule has 6 heterocycles. The van der Waals surface area contributed by atoms with E-state index in [1.54, 1.807) is 12.1 Å². The highest BCUT2D eigenvalue weighted by Crippen LogP contribution is 2.49. The van der Waals surface area contributed by atoms with E-state index in [-0.39, 0.29) is 0 Å². The monoisotopic (exact) mass is 581 g/mol. The van der Waals surface area contributed by atoms with Crippen LogP contribution in [0.1, 0.15) is 35.8 Å². The van der Waals surface area contributed by atoms with Crippen LogP contribution in [0.5, 0.6) is 23.5 Å². The van der Waals surface area contributed by atoms with E-state index in [1.807, 2.05) is 30.6 Å². The lowest BCUT2D eigenvalue weighted by atomic mass is 9.67. The molecule has 1 saturated carbocycles. The smallest absolute Gasteiger partial charge is 0.216 e. The van der Waals surface area contributed by atoms with Gasteiger partial charge in [0.2, 0.25) is 23.5 Å². The minimum atomic E-state index is 0.374. The van der Waals surface area contributed by atoms with Crippen molar-refractivity contribution in [2.45, 2.75) is 24.7 Å². The van der Waals surface area contributed by atoms with E-state index in [4.69, 9.17) is 37.9 Å². The average molecular weight is 582 g/mol. The molecule has 3 aromatic heterocycles. The van der Waals surface area contributed by atoms with E-state index in [0.29, 0.717) is 115 Å². The molecule has 3 aliphatic heterocycles.